The van der Waals surface area contributed by atoms with Crippen molar-refractivity contribution in [1.82, 2.24) is 4.90 Å². The predicted octanol–water partition coefficient (Wildman–Crippen LogP) is 5.29. The van der Waals surface area contributed by atoms with E-state index in [9.17, 15) is 32.8 Å². The number of non-ortho nitro benzene ring substituents is 1. The molecule has 0 heterocycles. The second-order valence-corrected chi connectivity index (χ2v) is 7.77. The van der Waals surface area contributed by atoms with Crippen LogP contribution in [-0.2, 0) is 12.7 Å². The lowest BCUT2D eigenvalue weighted by molar-refractivity contribution is -0.385. The van der Waals surface area contributed by atoms with Crippen LogP contribution in [0.5, 0.6) is 5.75 Å². The quantitative estimate of drug-likeness (QED) is 0.257. The van der Waals surface area contributed by atoms with Crippen LogP contribution in [0.15, 0.2) is 66.7 Å². The monoisotopic (exact) mass is 478 g/mol. The molecule has 0 radical (unpaired) electrons. The fourth-order valence-corrected chi connectivity index (χ4v) is 3.47. The summed E-state index contributed by atoms with van der Waals surface area (Å²) in [6.07, 6.45) is -5.43. The number of rotatable bonds is 9. The average molecular weight is 478 g/mol. The summed E-state index contributed by atoms with van der Waals surface area (Å²) in [5, 5.41) is 20.8. The lowest BCUT2D eigenvalue weighted by atomic mass is 9.98. The number of nitrogens with zero attached hydrogens (tertiary/aromatic N) is 2. The number of aliphatic hydroxyl groups is 1. The molecule has 3 aromatic carbocycles. The normalized spacial score (nSPS) is 12.6. The topological polar surface area (TPSA) is 75.8 Å². The standard InChI is InChI=1S/C24H22F4N2O4/c1-29(14-19(31)15-34-23-11-10-18(30(32)33)12-22(23)25)13-16-6-8-17(9-7-16)20-4-2-3-5-21(20)24(26,27)28/h2-12,19,31H,13-15H2,1H3/t19-/m1/s1. The second kappa shape index (κ2) is 10.6. The zero-order chi connectivity index (χ0) is 24.9. The van der Waals surface area contributed by atoms with Crippen LogP contribution in [-0.4, -0.2) is 41.2 Å². The Bertz CT molecular complexity index is 1140. The maximum atomic E-state index is 13.9. The molecule has 6 nitrogen and oxygen atoms in total. The van der Waals surface area contributed by atoms with E-state index < -0.39 is 34.3 Å². The molecule has 0 bridgehead atoms. The van der Waals surface area contributed by atoms with Gasteiger partial charge in [0.25, 0.3) is 5.69 Å². The Morgan fingerprint density at radius 2 is 1.76 bits per heavy atom. The Kier molecular flexibility index (Phi) is 7.85. The summed E-state index contributed by atoms with van der Waals surface area (Å²) in [7, 11) is 1.74. The molecule has 34 heavy (non-hydrogen) atoms. The van der Waals surface area contributed by atoms with Crippen LogP contribution in [0, 0.1) is 15.9 Å². The number of nitro groups is 1. The lowest BCUT2D eigenvalue weighted by Gasteiger charge is -2.21. The first kappa shape index (κ1) is 25.1. The van der Waals surface area contributed by atoms with E-state index in [0.29, 0.717) is 12.1 Å². The third-order valence-electron chi connectivity index (χ3n) is 5.03. The number of halogens is 4. The maximum absolute atomic E-state index is 13.9. The Morgan fingerprint density at radius 3 is 2.38 bits per heavy atom. The third-order valence-corrected chi connectivity index (χ3v) is 5.03. The number of hydrogen-bond donors (Lipinski definition) is 1. The molecule has 0 aromatic heterocycles. The first-order valence-electron chi connectivity index (χ1n) is 10.2. The van der Waals surface area contributed by atoms with Crippen molar-refractivity contribution in [2.24, 2.45) is 0 Å². The molecule has 0 aliphatic carbocycles. The summed E-state index contributed by atoms with van der Waals surface area (Å²) in [6, 6.07) is 15.0. The fourth-order valence-electron chi connectivity index (χ4n) is 3.47. The first-order chi connectivity index (χ1) is 16.0. The van der Waals surface area contributed by atoms with Crippen LogP contribution >= 0.6 is 0 Å². The molecule has 1 atom stereocenters. The first-order valence-corrected chi connectivity index (χ1v) is 10.2. The molecule has 3 aromatic rings. The van der Waals surface area contributed by atoms with Crippen molar-refractivity contribution in [1.29, 1.82) is 0 Å². The summed E-state index contributed by atoms with van der Waals surface area (Å²) in [5.41, 5.74) is 0.259. The van der Waals surface area contributed by atoms with E-state index in [1.54, 1.807) is 42.3 Å². The van der Waals surface area contributed by atoms with Crippen LogP contribution in [0.1, 0.15) is 11.1 Å². The van der Waals surface area contributed by atoms with Gasteiger partial charge >= 0.3 is 6.18 Å². The highest BCUT2D eigenvalue weighted by Gasteiger charge is 2.33. The van der Waals surface area contributed by atoms with Gasteiger partial charge in [-0.25, -0.2) is 4.39 Å². The minimum Gasteiger partial charge on any atom is -0.488 e. The highest BCUT2D eigenvalue weighted by molar-refractivity contribution is 5.68. The van der Waals surface area contributed by atoms with Crippen LogP contribution in [0.3, 0.4) is 0 Å². The van der Waals surface area contributed by atoms with Crippen LogP contribution in [0.25, 0.3) is 11.1 Å². The van der Waals surface area contributed by atoms with E-state index in [4.69, 9.17) is 4.74 Å². The van der Waals surface area contributed by atoms with E-state index in [1.807, 2.05) is 0 Å². The van der Waals surface area contributed by atoms with Gasteiger partial charge in [0, 0.05) is 19.2 Å². The molecule has 0 saturated carbocycles. The van der Waals surface area contributed by atoms with E-state index in [2.05, 4.69) is 0 Å². The van der Waals surface area contributed by atoms with Gasteiger partial charge in [-0.1, -0.05) is 42.5 Å². The van der Waals surface area contributed by atoms with Gasteiger partial charge in [-0.2, -0.15) is 13.2 Å². The van der Waals surface area contributed by atoms with E-state index >= 15 is 0 Å². The van der Waals surface area contributed by atoms with E-state index in [0.717, 1.165) is 29.8 Å². The molecule has 0 aliphatic rings. The summed E-state index contributed by atoms with van der Waals surface area (Å²) < 4.78 is 58.9. The Morgan fingerprint density at radius 1 is 1.09 bits per heavy atom. The number of nitro benzene ring substituents is 1. The molecule has 0 unspecified atom stereocenters. The summed E-state index contributed by atoms with van der Waals surface area (Å²) >= 11 is 0. The van der Waals surface area contributed by atoms with Crippen molar-refractivity contribution in [3.63, 3.8) is 0 Å². The summed E-state index contributed by atoms with van der Waals surface area (Å²) in [5.74, 6) is -1.11. The van der Waals surface area contributed by atoms with Crippen molar-refractivity contribution in [3.8, 4) is 16.9 Å². The van der Waals surface area contributed by atoms with Gasteiger partial charge in [-0.05, 0) is 35.9 Å². The van der Waals surface area contributed by atoms with Gasteiger partial charge < -0.3 is 9.84 Å². The lowest BCUT2D eigenvalue weighted by Crippen LogP contribution is -2.32. The molecule has 10 heteroatoms. The van der Waals surface area contributed by atoms with Gasteiger partial charge in [0.15, 0.2) is 11.6 Å². The number of ether oxygens (including phenoxy) is 1. The highest BCUT2D eigenvalue weighted by Crippen LogP contribution is 2.36. The minimum atomic E-state index is -4.45. The van der Waals surface area contributed by atoms with Gasteiger partial charge in [0.2, 0.25) is 0 Å². The van der Waals surface area contributed by atoms with Crippen LogP contribution in [0.4, 0.5) is 23.2 Å². The molecule has 0 aliphatic heterocycles. The molecule has 0 saturated heterocycles. The molecule has 180 valence electrons. The minimum absolute atomic E-state index is 0.0981. The molecule has 3 rings (SSSR count). The Balaban J connectivity index is 1.55. The van der Waals surface area contributed by atoms with E-state index in [-0.39, 0.29) is 24.5 Å². The highest BCUT2D eigenvalue weighted by atomic mass is 19.4. The average Bonchev–Trinajstić information content (AvgIpc) is 2.78. The van der Waals surface area contributed by atoms with Gasteiger partial charge in [-0.3, -0.25) is 15.0 Å². The second-order valence-electron chi connectivity index (χ2n) is 7.77. The van der Waals surface area contributed by atoms with Crippen molar-refractivity contribution in [2.45, 2.75) is 18.8 Å². The Labute approximate surface area is 193 Å². The predicted molar refractivity (Wildman–Crippen MR) is 118 cm³/mol. The van der Waals surface area contributed by atoms with Crippen molar-refractivity contribution < 1.29 is 32.3 Å². The third kappa shape index (κ3) is 6.52. The number of benzene rings is 3. The molecular weight excluding hydrogens is 456 g/mol. The Hall–Kier alpha value is -3.50. The molecular formula is C24H22F4N2O4. The van der Waals surface area contributed by atoms with Crippen molar-refractivity contribution >= 4 is 5.69 Å². The zero-order valence-electron chi connectivity index (χ0n) is 18.1. The molecule has 0 amide bonds. The summed E-state index contributed by atoms with van der Waals surface area (Å²) in [6.45, 7) is 0.351. The summed E-state index contributed by atoms with van der Waals surface area (Å²) in [4.78, 5) is 11.7. The molecule has 1 N–H and O–H groups in total. The number of alkyl halides is 3. The van der Waals surface area contributed by atoms with Crippen molar-refractivity contribution in [2.75, 3.05) is 20.2 Å². The number of hydrogen-bond acceptors (Lipinski definition) is 5. The van der Waals surface area contributed by atoms with Gasteiger partial charge in [-0.15, -0.1) is 0 Å². The van der Waals surface area contributed by atoms with E-state index in [1.165, 1.54) is 12.1 Å². The van der Waals surface area contributed by atoms with Gasteiger partial charge in [0.1, 0.15) is 12.7 Å². The number of aliphatic hydroxyl groups excluding tert-OH is 1. The van der Waals surface area contributed by atoms with Crippen LogP contribution < -0.4 is 4.74 Å². The number of likely N-dealkylation sites (N-methyl/N-ethyl adjacent to an activating group) is 1. The molecule has 0 spiro atoms. The fraction of sp³-hybridized carbons (Fsp3) is 0.250. The maximum Gasteiger partial charge on any atom is 0.417 e. The smallest absolute Gasteiger partial charge is 0.417 e. The van der Waals surface area contributed by atoms with Crippen LogP contribution in [0.2, 0.25) is 0 Å². The molecule has 0 fully saturated rings. The van der Waals surface area contributed by atoms with Gasteiger partial charge in [0.05, 0.1) is 16.6 Å². The largest absolute Gasteiger partial charge is 0.488 e. The zero-order valence-corrected chi connectivity index (χ0v) is 18.1. The SMILES string of the molecule is CN(Cc1ccc(-c2ccccc2C(F)(F)F)cc1)C[C@@H](O)COc1ccc([N+](=O)[O-])cc1F. The van der Waals surface area contributed by atoms with Crippen molar-refractivity contribution in [3.05, 3.63) is 93.8 Å².